The van der Waals surface area contributed by atoms with Gasteiger partial charge in [0.05, 0.1) is 0 Å². The van der Waals surface area contributed by atoms with E-state index in [2.05, 4.69) is 37.8 Å². The smallest absolute Gasteiger partial charge is 0.247 e. The van der Waals surface area contributed by atoms with Crippen LogP contribution in [0.15, 0.2) is 58.4 Å². The highest BCUT2D eigenvalue weighted by atomic mass is 32.1. The van der Waals surface area contributed by atoms with Crippen LogP contribution in [0.25, 0.3) is 0 Å². The van der Waals surface area contributed by atoms with Gasteiger partial charge in [-0.3, -0.25) is 14.6 Å². The van der Waals surface area contributed by atoms with Gasteiger partial charge < -0.3 is 9.84 Å². The molecule has 1 aliphatic heterocycles. The Morgan fingerprint density at radius 1 is 1.18 bits per heavy atom. The van der Waals surface area contributed by atoms with E-state index in [4.69, 9.17) is 4.52 Å². The zero-order valence-electron chi connectivity index (χ0n) is 15.9. The highest BCUT2D eigenvalue weighted by Gasteiger charge is 2.31. The molecule has 28 heavy (non-hydrogen) atoms. The second kappa shape index (κ2) is 8.68. The minimum absolute atomic E-state index is 0.0776. The van der Waals surface area contributed by atoms with E-state index >= 15 is 0 Å². The lowest BCUT2D eigenvalue weighted by Gasteiger charge is -2.38. The first-order valence-electron chi connectivity index (χ1n) is 9.47. The van der Waals surface area contributed by atoms with E-state index in [1.807, 2.05) is 37.3 Å². The molecular formula is C21H24N4O2S. The molecule has 6 nitrogen and oxygen atoms in total. The molecule has 7 heteroatoms. The first kappa shape index (κ1) is 18.9. The van der Waals surface area contributed by atoms with Crippen LogP contribution in [0.2, 0.25) is 0 Å². The predicted molar refractivity (Wildman–Crippen MR) is 110 cm³/mol. The van der Waals surface area contributed by atoms with Crippen molar-refractivity contribution in [2.24, 2.45) is 0 Å². The summed E-state index contributed by atoms with van der Waals surface area (Å²) in [5, 5.41) is 8.93. The molecule has 1 saturated heterocycles. The zero-order chi connectivity index (χ0) is 19.3. The summed E-state index contributed by atoms with van der Waals surface area (Å²) in [4.78, 5) is 19.2. The summed E-state index contributed by atoms with van der Waals surface area (Å²) in [7, 11) is 0. The molecule has 3 aromatic rings. The molecule has 0 unspecified atom stereocenters. The Hall–Kier alpha value is -2.48. The fourth-order valence-corrected chi connectivity index (χ4v) is 4.33. The third-order valence-electron chi connectivity index (χ3n) is 4.97. The van der Waals surface area contributed by atoms with Crippen molar-refractivity contribution in [3.63, 3.8) is 0 Å². The minimum Gasteiger partial charge on any atom is -0.360 e. The van der Waals surface area contributed by atoms with Gasteiger partial charge in [0.15, 0.2) is 5.82 Å². The molecule has 0 bridgehead atoms. The predicted octanol–water partition coefficient (Wildman–Crippen LogP) is 3.54. The molecule has 1 amide bonds. The van der Waals surface area contributed by atoms with Gasteiger partial charge in [-0.05, 0) is 23.9 Å². The van der Waals surface area contributed by atoms with Gasteiger partial charge in [0.1, 0.15) is 11.8 Å². The summed E-state index contributed by atoms with van der Waals surface area (Å²) < 4.78 is 5.08. The van der Waals surface area contributed by atoms with Crippen LogP contribution in [-0.4, -0.2) is 47.0 Å². The van der Waals surface area contributed by atoms with Crippen LogP contribution in [0.3, 0.4) is 0 Å². The van der Waals surface area contributed by atoms with E-state index in [0.717, 1.165) is 38.3 Å². The summed E-state index contributed by atoms with van der Waals surface area (Å²) in [5.74, 6) is 1.06. The summed E-state index contributed by atoms with van der Waals surface area (Å²) in [5.41, 5.74) is 0.993. The molecular weight excluding hydrogens is 372 g/mol. The standard InChI is InChI=1S/C21H24N4O2S/c1-16-14-19(23-27-16)22-21(26)20(17-6-3-2-4-7-17)25-11-9-24(10-12-25)15-18-8-5-13-28-18/h2-8,13-14,20H,9-12,15H2,1H3,(H,22,23,26)/t20-/m1/s1. The van der Waals surface area contributed by atoms with Gasteiger partial charge in [0.25, 0.3) is 0 Å². The number of amides is 1. The Bertz CT molecular complexity index is 886. The van der Waals surface area contributed by atoms with Crippen LogP contribution in [0.4, 0.5) is 5.82 Å². The van der Waals surface area contributed by atoms with Crippen LogP contribution < -0.4 is 5.32 Å². The number of anilines is 1. The second-order valence-electron chi connectivity index (χ2n) is 7.02. The number of hydrogen-bond donors (Lipinski definition) is 1. The molecule has 1 aromatic carbocycles. The van der Waals surface area contributed by atoms with Gasteiger partial charge in [-0.1, -0.05) is 41.6 Å². The number of carbonyl (C=O) groups is 1. The molecule has 3 heterocycles. The van der Waals surface area contributed by atoms with Gasteiger partial charge in [0, 0.05) is 43.7 Å². The number of nitrogens with one attached hydrogen (secondary N) is 1. The van der Waals surface area contributed by atoms with E-state index in [9.17, 15) is 4.79 Å². The van der Waals surface area contributed by atoms with Crippen molar-refractivity contribution in [3.8, 4) is 0 Å². The van der Waals surface area contributed by atoms with Crippen molar-refractivity contribution in [2.45, 2.75) is 19.5 Å². The Morgan fingerprint density at radius 3 is 2.61 bits per heavy atom. The quantitative estimate of drug-likeness (QED) is 0.691. The van der Waals surface area contributed by atoms with Gasteiger partial charge in [-0.2, -0.15) is 0 Å². The van der Waals surface area contributed by atoms with Crippen molar-refractivity contribution >= 4 is 23.1 Å². The average Bonchev–Trinajstić information content (AvgIpc) is 3.36. The maximum atomic E-state index is 13.1. The lowest BCUT2D eigenvalue weighted by Crippen LogP contribution is -2.49. The number of hydrogen-bond acceptors (Lipinski definition) is 6. The molecule has 1 fully saturated rings. The molecule has 1 atom stereocenters. The van der Waals surface area contributed by atoms with Crippen LogP contribution in [0, 0.1) is 6.92 Å². The van der Waals surface area contributed by atoms with Crippen molar-refractivity contribution in [2.75, 3.05) is 31.5 Å². The molecule has 0 aliphatic carbocycles. The fourth-order valence-electron chi connectivity index (χ4n) is 3.59. The van der Waals surface area contributed by atoms with E-state index in [-0.39, 0.29) is 11.9 Å². The summed E-state index contributed by atoms with van der Waals surface area (Å²) in [6.45, 7) is 6.36. The van der Waals surface area contributed by atoms with E-state index in [1.54, 1.807) is 17.4 Å². The zero-order valence-corrected chi connectivity index (χ0v) is 16.7. The van der Waals surface area contributed by atoms with Crippen LogP contribution in [0.1, 0.15) is 22.2 Å². The monoisotopic (exact) mass is 396 g/mol. The number of rotatable bonds is 6. The number of aromatic nitrogens is 1. The second-order valence-corrected chi connectivity index (χ2v) is 8.05. The minimum atomic E-state index is -0.345. The van der Waals surface area contributed by atoms with Gasteiger partial charge in [-0.25, -0.2) is 0 Å². The largest absolute Gasteiger partial charge is 0.360 e. The summed E-state index contributed by atoms with van der Waals surface area (Å²) >= 11 is 1.79. The topological polar surface area (TPSA) is 61.6 Å². The molecule has 1 aliphatic rings. The SMILES string of the molecule is Cc1cc(NC(=O)[C@@H](c2ccccc2)N2CCN(Cc3cccs3)CC2)no1. The number of aryl methyl sites for hydroxylation is 1. The van der Waals surface area contributed by atoms with Gasteiger partial charge in [-0.15, -0.1) is 11.3 Å². The summed E-state index contributed by atoms with van der Waals surface area (Å²) in [6.07, 6.45) is 0. The van der Waals surface area contributed by atoms with Crippen LogP contribution in [-0.2, 0) is 11.3 Å². The van der Waals surface area contributed by atoms with Crippen molar-refractivity contribution in [3.05, 3.63) is 70.1 Å². The molecule has 4 rings (SSSR count). The van der Waals surface area contributed by atoms with Crippen molar-refractivity contribution in [1.29, 1.82) is 0 Å². The van der Waals surface area contributed by atoms with Crippen LogP contribution >= 0.6 is 11.3 Å². The lowest BCUT2D eigenvalue weighted by atomic mass is 10.0. The van der Waals surface area contributed by atoms with E-state index in [1.165, 1.54) is 4.88 Å². The van der Waals surface area contributed by atoms with Crippen molar-refractivity contribution < 1.29 is 9.32 Å². The molecule has 146 valence electrons. The van der Waals surface area contributed by atoms with E-state index < -0.39 is 0 Å². The Balaban J connectivity index is 1.46. The fraction of sp³-hybridized carbons (Fsp3) is 0.333. The Morgan fingerprint density at radius 2 is 1.96 bits per heavy atom. The number of carbonyl (C=O) groups excluding carboxylic acids is 1. The maximum absolute atomic E-state index is 13.1. The average molecular weight is 397 g/mol. The first-order valence-corrected chi connectivity index (χ1v) is 10.3. The van der Waals surface area contributed by atoms with Crippen molar-refractivity contribution in [1.82, 2.24) is 15.0 Å². The van der Waals surface area contributed by atoms with E-state index in [0.29, 0.717) is 11.6 Å². The lowest BCUT2D eigenvalue weighted by molar-refractivity contribution is -0.122. The molecule has 0 saturated carbocycles. The van der Waals surface area contributed by atoms with Gasteiger partial charge in [0.2, 0.25) is 5.91 Å². The van der Waals surface area contributed by atoms with Crippen LogP contribution in [0.5, 0.6) is 0 Å². The highest BCUT2D eigenvalue weighted by molar-refractivity contribution is 7.09. The first-order chi connectivity index (χ1) is 13.7. The molecule has 0 spiro atoms. The molecule has 0 radical (unpaired) electrons. The number of piperazine rings is 1. The number of benzene rings is 1. The van der Waals surface area contributed by atoms with Gasteiger partial charge >= 0.3 is 0 Å². The normalized spacial score (nSPS) is 16.8. The number of nitrogens with zero attached hydrogens (tertiary/aromatic N) is 3. The summed E-state index contributed by atoms with van der Waals surface area (Å²) in [6, 6.07) is 15.6. The third kappa shape index (κ3) is 4.49. The molecule has 1 N–H and O–H groups in total. The number of thiophene rings is 1. The third-order valence-corrected chi connectivity index (χ3v) is 5.84. The Kier molecular flexibility index (Phi) is 5.85. The highest BCUT2D eigenvalue weighted by Crippen LogP contribution is 2.25. The maximum Gasteiger partial charge on any atom is 0.247 e. The Labute approximate surface area is 168 Å². The molecule has 2 aromatic heterocycles.